The fourth-order valence-electron chi connectivity index (χ4n) is 1.42. The van der Waals surface area contributed by atoms with Crippen LogP contribution in [0.5, 0.6) is 0 Å². The second-order valence-corrected chi connectivity index (χ2v) is 5.33. The molecule has 1 fully saturated rings. The summed E-state index contributed by atoms with van der Waals surface area (Å²) >= 11 is 6.92. The van der Waals surface area contributed by atoms with E-state index < -0.39 is 0 Å². The summed E-state index contributed by atoms with van der Waals surface area (Å²) < 4.78 is 0. The van der Waals surface area contributed by atoms with Crippen LogP contribution in [-0.4, -0.2) is 22.1 Å². The number of halogens is 2. The maximum atomic E-state index is 11.8. The summed E-state index contributed by atoms with van der Waals surface area (Å²) in [6.07, 6.45) is 1.99. The minimum Gasteiger partial charge on any atom is -0.349 e. The minimum atomic E-state index is -0.112. The Bertz CT molecular complexity index is 208. The molecule has 0 spiro atoms. The molecule has 2 nitrogen and oxygen atoms in total. The molecule has 0 bridgehead atoms. The van der Waals surface area contributed by atoms with Gasteiger partial charge in [0.15, 0.2) is 0 Å². The molecule has 1 N–H and O–H groups in total. The highest BCUT2D eigenvalue weighted by Crippen LogP contribution is 2.38. The van der Waals surface area contributed by atoms with Gasteiger partial charge in [-0.2, -0.15) is 0 Å². The Morgan fingerprint density at radius 2 is 2.00 bits per heavy atom. The number of alkyl halides is 2. The van der Waals surface area contributed by atoms with Crippen molar-refractivity contribution in [1.82, 2.24) is 5.32 Å². The topological polar surface area (TPSA) is 29.1 Å². The third-order valence-corrected chi connectivity index (χ3v) is 5.17. The summed E-state index contributed by atoms with van der Waals surface area (Å²) in [5.41, 5.74) is -0.112. The van der Waals surface area contributed by atoms with Gasteiger partial charge in [0.05, 0.1) is 5.54 Å². The molecule has 1 amide bonds. The molecule has 0 heterocycles. The average molecular weight is 327 g/mol. The van der Waals surface area contributed by atoms with Crippen molar-refractivity contribution >= 4 is 37.8 Å². The molecule has 1 aliphatic carbocycles. The molecule has 2 atom stereocenters. The van der Waals surface area contributed by atoms with Gasteiger partial charge in [-0.3, -0.25) is 4.79 Å². The van der Waals surface area contributed by atoms with E-state index in [1.807, 2.05) is 0 Å². The van der Waals surface area contributed by atoms with Crippen LogP contribution in [0.25, 0.3) is 0 Å². The second-order valence-electron chi connectivity index (χ2n) is 4.21. The van der Waals surface area contributed by atoms with Gasteiger partial charge < -0.3 is 5.32 Å². The number of hydrogen-bond acceptors (Lipinski definition) is 1. The Balaban J connectivity index is 2.50. The maximum absolute atomic E-state index is 11.8. The molecule has 4 heteroatoms. The number of hydrogen-bond donors (Lipinski definition) is 1. The van der Waals surface area contributed by atoms with Crippen molar-refractivity contribution in [3.8, 4) is 0 Å². The van der Waals surface area contributed by atoms with Crippen LogP contribution in [0.1, 0.15) is 26.7 Å². The van der Waals surface area contributed by atoms with Crippen molar-refractivity contribution in [2.24, 2.45) is 11.8 Å². The zero-order chi connectivity index (χ0) is 10.8. The lowest BCUT2D eigenvalue weighted by Gasteiger charge is -2.30. The highest BCUT2D eigenvalue weighted by molar-refractivity contribution is 9.09. The number of rotatable bonds is 5. The Morgan fingerprint density at radius 3 is 2.29 bits per heavy atom. The molecular weight excluding hydrogens is 310 g/mol. The van der Waals surface area contributed by atoms with Crippen molar-refractivity contribution in [3.05, 3.63) is 0 Å². The summed E-state index contributed by atoms with van der Waals surface area (Å²) in [5.74, 6) is 1.06. The van der Waals surface area contributed by atoms with Gasteiger partial charge in [0.25, 0.3) is 0 Å². The van der Waals surface area contributed by atoms with Gasteiger partial charge in [0.2, 0.25) is 5.91 Å². The first-order chi connectivity index (χ1) is 6.58. The summed E-state index contributed by atoms with van der Waals surface area (Å²) in [7, 11) is 0. The lowest BCUT2D eigenvalue weighted by Crippen LogP contribution is -2.51. The van der Waals surface area contributed by atoms with Crippen molar-refractivity contribution in [2.75, 3.05) is 10.7 Å². The van der Waals surface area contributed by atoms with Crippen LogP contribution in [0.3, 0.4) is 0 Å². The number of carbonyl (C=O) groups excluding carboxylic acids is 1. The standard InChI is InChI=1S/C10H17Br2NO/c1-3-10(5-11,6-12)13-9(14)8-4-7(8)2/h7-8H,3-6H2,1-2H3,(H,13,14). The first-order valence-electron chi connectivity index (χ1n) is 5.02. The van der Waals surface area contributed by atoms with Gasteiger partial charge in [-0.1, -0.05) is 45.7 Å². The molecule has 0 radical (unpaired) electrons. The Hall–Kier alpha value is 0.430. The SMILES string of the molecule is CCC(CBr)(CBr)NC(=O)C1CC1C. The van der Waals surface area contributed by atoms with Crippen LogP contribution in [0.15, 0.2) is 0 Å². The third kappa shape index (κ3) is 2.72. The zero-order valence-electron chi connectivity index (χ0n) is 8.65. The molecule has 0 aromatic carbocycles. The van der Waals surface area contributed by atoms with E-state index in [0.717, 1.165) is 23.5 Å². The lowest BCUT2D eigenvalue weighted by atomic mass is 10.0. The first kappa shape index (κ1) is 12.5. The number of amides is 1. The molecule has 1 aliphatic rings. The van der Waals surface area contributed by atoms with Crippen LogP contribution in [-0.2, 0) is 4.79 Å². The minimum absolute atomic E-state index is 0.112. The zero-order valence-corrected chi connectivity index (χ0v) is 11.8. The average Bonchev–Trinajstić information content (AvgIpc) is 2.92. The molecule has 2 unspecified atom stereocenters. The second kappa shape index (κ2) is 4.97. The molecule has 0 aromatic rings. The lowest BCUT2D eigenvalue weighted by molar-refractivity contribution is -0.124. The van der Waals surface area contributed by atoms with Crippen molar-refractivity contribution in [3.63, 3.8) is 0 Å². The summed E-state index contributed by atoms with van der Waals surface area (Å²) in [5, 5.41) is 4.74. The van der Waals surface area contributed by atoms with Gasteiger partial charge in [-0.15, -0.1) is 0 Å². The van der Waals surface area contributed by atoms with Crippen molar-refractivity contribution in [2.45, 2.75) is 32.2 Å². The van der Waals surface area contributed by atoms with Crippen molar-refractivity contribution in [1.29, 1.82) is 0 Å². The summed E-state index contributed by atoms with van der Waals surface area (Å²) in [6.45, 7) is 4.22. The quantitative estimate of drug-likeness (QED) is 0.773. The highest BCUT2D eigenvalue weighted by Gasteiger charge is 2.41. The van der Waals surface area contributed by atoms with Gasteiger partial charge in [-0.25, -0.2) is 0 Å². The first-order valence-corrected chi connectivity index (χ1v) is 7.27. The third-order valence-electron chi connectivity index (χ3n) is 3.02. The fraction of sp³-hybridized carbons (Fsp3) is 0.900. The number of nitrogens with one attached hydrogen (secondary N) is 1. The monoisotopic (exact) mass is 325 g/mol. The molecule has 0 aliphatic heterocycles. The molecule has 14 heavy (non-hydrogen) atoms. The molecule has 1 saturated carbocycles. The van der Waals surface area contributed by atoms with E-state index in [2.05, 4.69) is 51.0 Å². The van der Waals surface area contributed by atoms with Crippen LogP contribution in [0.2, 0.25) is 0 Å². The Labute approximate surface area is 102 Å². The number of carbonyl (C=O) groups is 1. The molecular formula is C10H17Br2NO. The van der Waals surface area contributed by atoms with E-state index in [0.29, 0.717) is 5.92 Å². The summed E-state index contributed by atoms with van der Waals surface area (Å²) in [6, 6.07) is 0. The van der Waals surface area contributed by atoms with E-state index in [1.54, 1.807) is 0 Å². The van der Waals surface area contributed by atoms with E-state index in [4.69, 9.17) is 0 Å². The van der Waals surface area contributed by atoms with Crippen LogP contribution < -0.4 is 5.32 Å². The Morgan fingerprint density at radius 1 is 1.50 bits per heavy atom. The molecule has 82 valence electrons. The molecule has 0 saturated heterocycles. The molecule has 0 aromatic heterocycles. The van der Waals surface area contributed by atoms with Crippen LogP contribution in [0.4, 0.5) is 0 Å². The van der Waals surface area contributed by atoms with Gasteiger partial charge in [-0.05, 0) is 18.8 Å². The Kier molecular flexibility index (Phi) is 4.44. The van der Waals surface area contributed by atoms with E-state index in [1.165, 1.54) is 0 Å². The fourth-order valence-corrected chi connectivity index (χ4v) is 3.42. The highest BCUT2D eigenvalue weighted by atomic mass is 79.9. The van der Waals surface area contributed by atoms with Gasteiger partial charge >= 0.3 is 0 Å². The molecule has 1 rings (SSSR count). The maximum Gasteiger partial charge on any atom is 0.223 e. The summed E-state index contributed by atoms with van der Waals surface area (Å²) in [4.78, 5) is 11.8. The van der Waals surface area contributed by atoms with Crippen LogP contribution >= 0.6 is 31.9 Å². The van der Waals surface area contributed by atoms with E-state index >= 15 is 0 Å². The van der Waals surface area contributed by atoms with E-state index in [-0.39, 0.29) is 17.4 Å². The predicted octanol–water partition coefficient (Wildman–Crippen LogP) is 2.70. The van der Waals surface area contributed by atoms with Gasteiger partial charge in [0.1, 0.15) is 0 Å². The largest absolute Gasteiger partial charge is 0.349 e. The van der Waals surface area contributed by atoms with Crippen molar-refractivity contribution < 1.29 is 4.79 Å². The predicted molar refractivity (Wildman–Crippen MR) is 66.0 cm³/mol. The van der Waals surface area contributed by atoms with E-state index in [9.17, 15) is 4.79 Å². The smallest absolute Gasteiger partial charge is 0.223 e. The normalized spacial score (nSPS) is 26.0. The van der Waals surface area contributed by atoms with Gasteiger partial charge in [0, 0.05) is 16.6 Å². The van der Waals surface area contributed by atoms with Crippen LogP contribution in [0, 0.1) is 11.8 Å².